The van der Waals surface area contributed by atoms with Gasteiger partial charge in [0.15, 0.2) is 0 Å². The molecular weight excluding hydrogens is 348 g/mol. The molecular formula is C25H28O3. The minimum absolute atomic E-state index is 0.0814. The third-order valence-electron chi connectivity index (χ3n) is 4.57. The molecule has 0 aliphatic rings. The smallest absolute Gasteiger partial charge is 0.347 e. The molecule has 0 bridgehead atoms. The molecule has 28 heavy (non-hydrogen) atoms. The summed E-state index contributed by atoms with van der Waals surface area (Å²) in [6.45, 7) is 10.4. The van der Waals surface area contributed by atoms with Gasteiger partial charge in [0.25, 0.3) is 0 Å². The van der Waals surface area contributed by atoms with E-state index >= 15 is 0 Å². The standard InChI is InChI=1S/C25H28O3/c1-5-25(4,17-8-9-19(2)3)18-16-20-12-14-21(15-13-20)28-24(27)22-10-6-7-11-23(22)26/h5-7,9-16,18,26H,1,8,17H2,2-4H3/b18-16+. The van der Waals surface area contributed by atoms with E-state index < -0.39 is 5.97 Å². The zero-order chi connectivity index (χ0) is 20.6. The van der Waals surface area contributed by atoms with Crippen LogP contribution in [0, 0.1) is 5.41 Å². The SMILES string of the molecule is C=CC(C)(/C=C/c1ccc(OC(=O)c2ccccc2O)cc1)CCC=C(C)C. The number of hydrogen-bond donors (Lipinski definition) is 1. The van der Waals surface area contributed by atoms with Crippen LogP contribution in [0.25, 0.3) is 6.08 Å². The molecule has 0 saturated heterocycles. The van der Waals surface area contributed by atoms with Crippen LogP contribution < -0.4 is 4.74 Å². The summed E-state index contributed by atoms with van der Waals surface area (Å²) in [5, 5.41) is 9.74. The van der Waals surface area contributed by atoms with E-state index in [1.54, 1.807) is 24.3 Å². The highest BCUT2D eigenvalue weighted by atomic mass is 16.5. The van der Waals surface area contributed by atoms with Crippen molar-refractivity contribution in [2.24, 2.45) is 5.41 Å². The molecule has 0 fully saturated rings. The number of carbonyl (C=O) groups is 1. The maximum atomic E-state index is 12.2. The van der Waals surface area contributed by atoms with Crippen LogP contribution in [0.5, 0.6) is 11.5 Å². The number of para-hydroxylation sites is 1. The van der Waals surface area contributed by atoms with Crippen molar-refractivity contribution in [3.63, 3.8) is 0 Å². The van der Waals surface area contributed by atoms with Crippen molar-refractivity contribution in [1.82, 2.24) is 0 Å². The number of ether oxygens (including phenoxy) is 1. The Labute approximate surface area is 167 Å². The molecule has 2 aromatic carbocycles. The lowest BCUT2D eigenvalue weighted by Gasteiger charge is -2.20. The van der Waals surface area contributed by atoms with Crippen LogP contribution >= 0.6 is 0 Å². The van der Waals surface area contributed by atoms with Crippen molar-refractivity contribution in [2.75, 3.05) is 0 Å². The molecule has 0 aliphatic heterocycles. The first-order valence-electron chi connectivity index (χ1n) is 9.39. The molecule has 1 N–H and O–H groups in total. The van der Waals surface area contributed by atoms with Gasteiger partial charge in [0.2, 0.25) is 0 Å². The van der Waals surface area contributed by atoms with Crippen molar-refractivity contribution in [2.45, 2.75) is 33.6 Å². The van der Waals surface area contributed by atoms with Crippen LogP contribution in [0.3, 0.4) is 0 Å². The van der Waals surface area contributed by atoms with E-state index in [1.807, 2.05) is 18.2 Å². The summed E-state index contributed by atoms with van der Waals surface area (Å²) in [5.74, 6) is -0.246. The van der Waals surface area contributed by atoms with E-state index in [9.17, 15) is 9.90 Å². The van der Waals surface area contributed by atoms with E-state index in [1.165, 1.54) is 17.7 Å². The van der Waals surface area contributed by atoms with Crippen LogP contribution in [0.1, 0.15) is 49.5 Å². The van der Waals surface area contributed by atoms with Crippen molar-refractivity contribution in [3.05, 3.63) is 90.0 Å². The predicted molar refractivity (Wildman–Crippen MR) is 116 cm³/mol. The fourth-order valence-corrected chi connectivity index (χ4v) is 2.67. The summed E-state index contributed by atoms with van der Waals surface area (Å²) in [6.07, 6.45) is 10.4. The Morgan fingerprint density at radius 2 is 1.82 bits per heavy atom. The summed E-state index contributed by atoms with van der Waals surface area (Å²) in [6, 6.07) is 13.6. The van der Waals surface area contributed by atoms with Crippen LogP contribution in [-0.4, -0.2) is 11.1 Å². The molecule has 0 heterocycles. The number of hydrogen-bond acceptors (Lipinski definition) is 3. The summed E-state index contributed by atoms with van der Waals surface area (Å²) in [5.41, 5.74) is 2.40. The largest absolute Gasteiger partial charge is 0.507 e. The highest BCUT2D eigenvalue weighted by Crippen LogP contribution is 2.28. The third kappa shape index (κ3) is 6.27. The number of phenols is 1. The first-order chi connectivity index (χ1) is 13.3. The fourth-order valence-electron chi connectivity index (χ4n) is 2.67. The number of phenolic OH excluding ortho intramolecular Hbond substituents is 1. The summed E-state index contributed by atoms with van der Waals surface area (Å²) in [7, 11) is 0. The quantitative estimate of drug-likeness (QED) is 0.322. The van der Waals surface area contributed by atoms with Gasteiger partial charge < -0.3 is 9.84 Å². The molecule has 2 aromatic rings. The molecule has 1 unspecified atom stereocenters. The molecule has 0 aromatic heterocycles. The highest BCUT2D eigenvalue weighted by molar-refractivity contribution is 5.93. The van der Waals surface area contributed by atoms with Crippen molar-refractivity contribution >= 4 is 12.0 Å². The monoisotopic (exact) mass is 376 g/mol. The second-order valence-electron chi connectivity index (χ2n) is 7.34. The molecule has 0 spiro atoms. The molecule has 1 atom stereocenters. The molecule has 2 rings (SSSR count). The van der Waals surface area contributed by atoms with E-state index in [0.717, 1.165) is 18.4 Å². The Morgan fingerprint density at radius 1 is 1.14 bits per heavy atom. The van der Waals surface area contributed by atoms with Gasteiger partial charge in [0, 0.05) is 5.41 Å². The first kappa shape index (κ1) is 21.2. The Bertz CT molecular complexity index is 871. The second-order valence-corrected chi connectivity index (χ2v) is 7.34. The minimum Gasteiger partial charge on any atom is -0.507 e. The van der Waals surface area contributed by atoms with E-state index in [2.05, 4.69) is 45.6 Å². The highest BCUT2D eigenvalue weighted by Gasteiger charge is 2.15. The Hall–Kier alpha value is -3.07. The van der Waals surface area contributed by atoms with Crippen molar-refractivity contribution < 1.29 is 14.6 Å². The molecule has 0 aliphatic carbocycles. The minimum atomic E-state index is -0.583. The van der Waals surface area contributed by atoms with Gasteiger partial charge in [-0.25, -0.2) is 4.79 Å². The Morgan fingerprint density at radius 3 is 2.43 bits per heavy atom. The lowest BCUT2D eigenvalue weighted by atomic mass is 9.84. The van der Waals surface area contributed by atoms with Gasteiger partial charge in [-0.1, -0.05) is 61.1 Å². The Kier molecular flexibility index (Phi) is 7.39. The summed E-state index contributed by atoms with van der Waals surface area (Å²) in [4.78, 5) is 12.2. The van der Waals surface area contributed by atoms with Crippen molar-refractivity contribution in [3.8, 4) is 11.5 Å². The van der Waals surface area contributed by atoms with Crippen molar-refractivity contribution in [1.29, 1.82) is 0 Å². The number of rotatable bonds is 8. The van der Waals surface area contributed by atoms with Gasteiger partial charge in [0.1, 0.15) is 17.1 Å². The maximum absolute atomic E-state index is 12.2. The average Bonchev–Trinajstić information content (AvgIpc) is 2.67. The number of aromatic hydroxyl groups is 1. The molecule has 3 nitrogen and oxygen atoms in total. The summed E-state index contributed by atoms with van der Waals surface area (Å²) < 4.78 is 5.33. The zero-order valence-electron chi connectivity index (χ0n) is 16.8. The topological polar surface area (TPSA) is 46.5 Å². The normalized spacial score (nSPS) is 13.0. The fraction of sp³-hybridized carbons (Fsp3) is 0.240. The van der Waals surface area contributed by atoms with E-state index in [4.69, 9.17) is 4.74 Å². The predicted octanol–water partition coefficient (Wildman–Crippen LogP) is 6.56. The third-order valence-corrected chi connectivity index (χ3v) is 4.57. The maximum Gasteiger partial charge on any atom is 0.347 e. The zero-order valence-corrected chi connectivity index (χ0v) is 16.8. The lowest BCUT2D eigenvalue weighted by molar-refractivity contribution is 0.0731. The molecule has 0 radical (unpaired) electrons. The number of carbonyl (C=O) groups excluding carboxylic acids is 1. The van der Waals surface area contributed by atoms with Gasteiger partial charge in [-0.05, 0) is 56.5 Å². The van der Waals surface area contributed by atoms with E-state index in [0.29, 0.717) is 5.75 Å². The van der Waals surface area contributed by atoms with Crippen LogP contribution in [0.2, 0.25) is 0 Å². The molecule has 3 heteroatoms. The number of allylic oxidation sites excluding steroid dienone is 4. The summed E-state index contributed by atoms with van der Waals surface area (Å²) >= 11 is 0. The van der Waals surface area contributed by atoms with Gasteiger partial charge in [-0.15, -0.1) is 6.58 Å². The number of esters is 1. The lowest BCUT2D eigenvalue weighted by Crippen LogP contribution is -2.08. The van der Waals surface area contributed by atoms with Gasteiger partial charge >= 0.3 is 5.97 Å². The van der Waals surface area contributed by atoms with Crippen LogP contribution in [-0.2, 0) is 0 Å². The van der Waals surface area contributed by atoms with Crippen LogP contribution in [0.4, 0.5) is 0 Å². The van der Waals surface area contributed by atoms with Crippen LogP contribution in [0.15, 0.2) is 78.9 Å². The van der Waals surface area contributed by atoms with Gasteiger partial charge in [-0.3, -0.25) is 0 Å². The van der Waals surface area contributed by atoms with Gasteiger partial charge in [-0.2, -0.15) is 0 Å². The molecule has 0 saturated carbocycles. The van der Waals surface area contributed by atoms with Gasteiger partial charge in [0.05, 0.1) is 0 Å². The van der Waals surface area contributed by atoms with E-state index in [-0.39, 0.29) is 16.7 Å². The second kappa shape index (κ2) is 9.75. The molecule has 0 amide bonds. The average molecular weight is 376 g/mol. The number of benzene rings is 2. The first-order valence-corrected chi connectivity index (χ1v) is 9.39. The molecule has 146 valence electrons. The Balaban J connectivity index is 2.02.